The van der Waals surface area contributed by atoms with Gasteiger partial charge in [-0.25, -0.2) is 5.06 Å². The molecule has 0 bridgehead atoms. The molecular weight excluding hydrogens is 388 g/mol. The van der Waals surface area contributed by atoms with Crippen LogP contribution in [0.3, 0.4) is 0 Å². The number of nitrogens with one attached hydrogen (secondary N) is 3. The standard InChI is InChI=1S/C24H24N6O/c1-2-4-17(5-3-1)21-10-13-31-30(21)23-20-9-12-26-22(20)28-24(29-23)27-19-7-6-16-8-11-25-15-18(16)14-19/h1-7,9,12,14,21,25H,8,10-11,13,15H2,(H2,26,27,28,29)/t21-/m0/s1. The summed E-state index contributed by atoms with van der Waals surface area (Å²) in [5.74, 6) is 1.33. The highest BCUT2D eigenvalue weighted by Crippen LogP contribution is 2.37. The Morgan fingerprint density at radius 1 is 1.03 bits per heavy atom. The van der Waals surface area contributed by atoms with Crippen LogP contribution in [0.1, 0.15) is 29.2 Å². The lowest BCUT2D eigenvalue weighted by Gasteiger charge is -2.25. The van der Waals surface area contributed by atoms with Crippen molar-refractivity contribution in [1.82, 2.24) is 20.3 Å². The van der Waals surface area contributed by atoms with E-state index in [0.29, 0.717) is 12.6 Å². The topological polar surface area (TPSA) is 78.1 Å². The molecular formula is C24H24N6O. The molecule has 2 aliphatic heterocycles. The third-order valence-corrected chi connectivity index (χ3v) is 6.04. The Kier molecular flexibility index (Phi) is 4.55. The van der Waals surface area contributed by atoms with Gasteiger partial charge in [0.15, 0.2) is 5.82 Å². The van der Waals surface area contributed by atoms with Crippen LogP contribution in [-0.4, -0.2) is 28.1 Å². The second-order valence-electron chi connectivity index (χ2n) is 8.02. The fraction of sp³-hybridized carbons (Fsp3) is 0.250. The number of benzene rings is 2. The number of hydrogen-bond acceptors (Lipinski definition) is 6. The van der Waals surface area contributed by atoms with Gasteiger partial charge in [-0.15, -0.1) is 0 Å². The van der Waals surface area contributed by atoms with Gasteiger partial charge in [0, 0.05) is 24.8 Å². The van der Waals surface area contributed by atoms with Gasteiger partial charge in [-0.1, -0.05) is 36.4 Å². The SMILES string of the molecule is c1ccc([C@@H]2CCON2c2nc(Nc3ccc4c(c3)CNCC4)nc3[nH]ccc23)cc1. The van der Waals surface area contributed by atoms with Crippen molar-refractivity contribution in [2.24, 2.45) is 0 Å². The molecule has 2 aromatic heterocycles. The van der Waals surface area contributed by atoms with Crippen LogP contribution in [0.4, 0.5) is 17.5 Å². The molecule has 0 radical (unpaired) electrons. The largest absolute Gasteiger partial charge is 0.346 e. The molecule has 0 aliphatic carbocycles. The van der Waals surface area contributed by atoms with Gasteiger partial charge in [0.25, 0.3) is 0 Å². The van der Waals surface area contributed by atoms with Crippen LogP contribution in [0.5, 0.6) is 0 Å². The molecule has 1 saturated heterocycles. The second kappa shape index (κ2) is 7.68. The number of rotatable bonds is 4. The van der Waals surface area contributed by atoms with Crippen molar-refractivity contribution in [1.29, 1.82) is 0 Å². The van der Waals surface area contributed by atoms with E-state index in [2.05, 4.69) is 58.1 Å². The number of anilines is 3. The lowest BCUT2D eigenvalue weighted by atomic mass is 10.0. The zero-order valence-electron chi connectivity index (χ0n) is 17.1. The monoisotopic (exact) mass is 412 g/mol. The third kappa shape index (κ3) is 3.41. The van der Waals surface area contributed by atoms with Crippen LogP contribution in [-0.2, 0) is 17.8 Å². The normalized spacial score (nSPS) is 18.3. The Morgan fingerprint density at radius 2 is 1.97 bits per heavy atom. The first-order valence-corrected chi connectivity index (χ1v) is 10.8. The predicted octanol–water partition coefficient (Wildman–Crippen LogP) is 4.23. The first kappa shape index (κ1) is 18.4. The average Bonchev–Trinajstić information content (AvgIpc) is 3.49. The summed E-state index contributed by atoms with van der Waals surface area (Å²) >= 11 is 0. The zero-order valence-corrected chi connectivity index (χ0v) is 17.1. The zero-order chi connectivity index (χ0) is 20.6. The van der Waals surface area contributed by atoms with E-state index in [0.717, 1.165) is 48.5 Å². The van der Waals surface area contributed by atoms with Crippen molar-refractivity contribution in [2.45, 2.75) is 25.4 Å². The van der Waals surface area contributed by atoms with Crippen molar-refractivity contribution in [3.63, 3.8) is 0 Å². The predicted molar refractivity (Wildman–Crippen MR) is 121 cm³/mol. The van der Waals surface area contributed by atoms with Crippen molar-refractivity contribution in [2.75, 3.05) is 23.5 Å². The van der Waals surface area contributed by atoms with E-state index in [1.165, 1.54) is 16.7 Å². The lowest BCUT2D eigenvalue weighted by molar-refractivity contribution is 0.157. The maximum absolute atomic E-state index is 6.06. The maximum Gasteiger partial charge on any atom is 0.231 e. The summed E-state index contributed by atoms with van der Waals surface area (Å²) in [5, 5.41) is 9.72. The van der Waals surface area contributed by atoms with E-state index in [-0.39, 0.29) is 6.04 Å². The summed E-state index contributed by atoms with van der Waals surface area (Å²) in [7, 11) is 0. The number of nitrogens with zero attached hydrogens (tertiary/aromatic N) is 3. The molecule has 2 aromatic carbocycles. The lowest BCUT2D eigenvalue weighted by Crippen LogP contribution is -2.23. The van der Waals surface area contributed by atoms with Gasteiger partial charge in [0.05, 0.1) is 18.0 Å². The van der Waals surface area contributed by atoms with Crippen molar-refractivity contribution in [3.05, 3.63) is 77.5 Å². The maximum atomic E-state index is 6.06. The van der Waals surface area contributed by atoms with Crippen LogP contribution in [0.2, 0.25) is 0 Å². The number of aromatic amines is 1. The molecule has 1 fully saturated rings. The Labute approximate surface area is 180 Å². The fourth-order valence-corrected chi connectivity index (χ4v) is 4.49. The highest BCUT2D eigenvalue weighted by Gasteiger charge is 2.31. The molecule has 2 aliphatic rings. The molecule has 0 saturated carbocycles. The average molecular weight is 412 g/mol. The molecule has 1 atom stereocenters. The molecule has 0 spiro atoms. The Hall–Kier alpha value is -3.42. The number of hydroxylamine groups is 1. The smallest absolute Gasteiger partial charge is 0.231 e. The Balaban J connectivity index is 1.37. The van der Waals surface area contributed by atoms with Crippen LogP contribution in [0.15, 0.2) is 60.8 Å². The number of fused-ring (bicyclic) bond motifs is 2. The molecule has 6 rings (SSSR count). The van der Waals surface area contributed by atoms with Crippen LogP contribution >= 0.6 is 0 Å². The van der Waals surface area contributed by atoms with Crippen LogP contribution in [0, 0.1) is 0 Å². The van der Waals surface area contributed by atoms with Gasteiger partial charge in [-0.05, 0) is 47.9 Å². The van der Waals surface area contributed by atoms with E-state index >= 15 is 0 Å². The first-order valence-electron chi connectivity index (χ1n) is 10.8. The van der Waals surface area contributed by atoms with Gasteiger partial charge < -0.3 is 15.6 Å². The summed E-state index contributed by atoms with van der Waals surface area (Å²) in [5.41, 5.74) is 5.72. The number of aromatic nitrogens is 3. The molecule has 7 heteroatoms. The van der Waals surface area contributed by atoms with E-state index in [9.17, 15) is 0 Å². The number of H-pyrrole nitrogens is 1. The van der Waals surface area contributed by atoms with Crippen molar-refractivity contribution >= 4 is 28.5 Å². The molecule has 0 amide bonds. The fourth-order valence-electron chi connectivity index (χ4n) is 4.49. The van der Waals surface area contributed by atoms with Gasteiger partial charge in [-0.2, -0.15) is 9.97 Å². The van der Waals surface area contributed by atoms with E-state index < -0.39 is 0 Å². The van der Waals surface area contributed by atoms with E-state index in [4.69, 9.17) is 14.8 Å². The molecule has 3 N–H and O–H groups in total. The van der Waals surface area contributed by atoms with Gasteiger partial charge >= 0.3 is 0 Å². The van der Waals surface area contributed by atoms with Gasteiger partial charge in [-0.3, -0.25) is 4.84 Å². The highest BCUT2D eigenvalue weighted by atomic mass is 16.7. The summed E-state index contributed by atoms with van der Waals surface area (Å²) in [6, 6.07) is 19.1. The molecule has 0 unspecified atom stereocenters. The summed E-state index contributed by atoms with van der Waals surface area (Å²) in [6.07, 6.45) is 3.88. The summed E-state index contributed by atoms with van der Waals surface area (Å²) in [4.78, 5) is 18.9. The molecule has 4 aromatic rings. The molecule has 31 heavy (non-hydrogen) atoms. The van der Waals surface area contributed by atoms with Crippen molar-refractivity contribution < 1.29 is 4.84 Å². The van der Waals surface area contributed by atoms with E-state index in [1.807, 2.05) is 23.4 Å². The van der Waals surface area contributed by atoms with Gasteiger partial charge in [0.2, 0.25) is 5.95 Å². The van der Waals surface area contributed by atoms with Gasteiger partial charge in [0.1, 0.15) is 5.65 Å². The summed E-state index contributed by atoms with van der Waals surface area (Å²) in [6.45, 7) is 2.59. The van der Waals surface area contributed by atoms with Crippen molar-refractivity contribution in [3.8, 4) is 0 Å². The van der Waals surface area contributed by atoms with Crippen LogP contribution < -0.4 is 15.7 Å². The molecule has 156 valence electrons. The molecule has 4 heterocycles. The van der Waals surface area contributed by atoms with E-state index in [1.54, 1.807) is 0 Å². The quantitative estimate of drug-likeness (QED) is 0.466. The third-order valence-electron chi connectivity index (χ3n) is 6.04. The highest BCUT2D eigenvalue weighted by molar-refractivity contribution is 5.88. The minimum Gasteiger partial charge on any atom is -0.346 e. The van der Waals surface area contributed by atoms with Crippen LogP contribution in [0.25, 0.3) is 11.0 Å². The minimum absolute atomic E-state index is 0.122. The first-order chi connectivity index (χ1) is 15.3. The second-order valence-corrected chi connectivity index (χ2v) is 8.02. The summed E-state index contributed by atoms with van der Waals surface area (Å²) < 4.78 is 0. The minimum atomic E-state index is 0.122. The Bertz CT molecular complexity index is 1220. The molecule has 7 nitrogen and oxygen atoms in total. The Morgan fingerprint density at radius 3 is 2.90 bits per heavy atom. The number of hydrogen-bond donors (Lipinski definition) is 3.